The summed E-state index contributed by atoms with van der Waals surface area (Å²) in [7, 11) is 1.60. The molecule has 0 aromatic carbocycles. The first-order chi connectivity index (χ1) is 7.90. The molecule has 3 N–H and O–H groups in total. The highest BCUT2D eigenvalue weighted by Gasteiger charge is 2.62. The molecule has 5 nitrogen and oxygen atoms in total. The molecule has 6 heteroatoms. The molecule has 2 atom stereocenters. The molecular weight excluding hydrogens is 256 g/mol. The van der Waals surface area contributed by atoms with Crippen LogP contribution < -0.4 is 11.1 Å². The van der Waals surface area contributed by atoms with E-state index in [0.29, 0.717) is 26.2 Å². The Morgan fingerprint density at radius 3 is 2.56 bits per heavy atom. The van der Waals surface area contributed by atoms with Crippen LogP contribution in [0.2, 0.25) is 0 Å². The van der Waals surface area contributed by atoms with E-state index in [2.05, 4.69) is 5.32 Å². The fourth-order valence-corrected chi connectivity index (χ4v) is 2.24. The summed E-state index contributed by atoms with van der Waals surface area (Å²) < 4.78 is 10.5. The monoisotopic (exact) mass is 280 g/mol. The van der Waals surface area contributed by atoms with E-state index in [4.69, 9.17) is 15.2 Å². The van der Waals surface area contributed by atoms with Crippen molar-refractivity contribution >= 4 is 18.3 Å². The molecule has 0 spiro atoms. The largest absolute Gasteiger partial charge is 0.383 e. The average molecular weight is 281 g/mol. The molecule has 0 bridgehead atoms. The number of carbonyl (C=O) groups excluding carboxylic acids is 1. The van der Waals surface area contributed by atoms with Crippen molar-refractivity contribution in [1.29, 1.82) is 0 Å². The van der Waals surface area contributed by atoms with E-state index in [1.54, 1.807) is 7.11 Å². The van der Waals surface area contributed by atoms with E-state index in [0.717, 1.165) is 0 Å². The third-order valence-electron chi connectivity index (χ3n) is 3.83. The van der Waals surface area contributed by atoms with Gasteiger partial charge in [-0.25, -0.2) is 0 Å². The lowest BCUT2D eigenvalue weighted by Crippen LogP contribution is -2.75. The topological polar surface area (TPSA) is 73.6 Å². The van der Waals surface area contributed by atoms with Crippen LogP contribution in [0.5, 0.6) is 0 Å². The summed E-state index contributed by atoms with van der Waals surface area (Å²) in [4.78, 5) is 12.0. The van der Waals surface area contributed by atoms with Gasteiger partial charge in [0, 0.05) is 32.1 Å². The summed E-state index contributed by atoms with van der Waals surface area (Å²) in [5, 5.41) is 2.80. The Bertz CT molecular complexity index is 286. The second-order valence-corrected chi connectivity index (χ2v) is 5.09. The summed E-state index contributed by atoms with van der Waals surface area (Å²) in [5.74, 6) is -0.115. The Morgan fingerprint density at radius 1 is 1.50 bits per heavy atom. The number of carbonyl (C=O) groups is 1. The third-order valence-corrected chi connectivity index (χ3v) is 3.83. The normalized spacial score (nSPS) is 29.1. The van der Waals surface area contributed by atoms with Gasteiger partial charge in [0.15, 0.2) is 0 Å². The first kappa shape index (κ1) is 17.6. The molecule has 1 aliphatic carbocycles. The number of rotatable bonds is 6. The molecule has 0 heterocycles. The molecule has 1 saturated carbocycles. The van der Waals surface area contributed by atoms with Crippen molar-refractivity contribution < 1.29 is 14.3 Å². The van der Waals surface area contributed by atoms with Crippen molar-refractivity contribution in [3.63, 3.8) is 0 Å². The first-order valence-electron chi connectivity index (χ1n) is 6.08. The number of methoxy groups -OCH3 is 1. The molecule has 1 rings (SSSR count). The van der Waals surface area contributed by atoms with Gasteiger partial charge in [0.1, 0.15) is 5.54 Å². The Kier molecular flexibility index (Phi) is 6.57. The van der Waals surface area contributed by atoms with Gasteiger partial charge in [-0.2, -0.15) is 0 Å². The summed E-state index contributed by atoms with van der Waals surface area (Å²) in [6.45, 7) is 7.54. The van der Waals surface area contributed by atoms with E-state index in [1.807, 2.05) is 20.8 Å². The van der Waals surface area contributed by atoms with Gasteiger partial charge in [-0.1, -0.05) is 13.8 Å². The quantitative estimate of drug-likeness (QED) is 0.703. The minimum Gasteiger partial charge on any atom is -0.383 e. The molecule has 0 radical (unpaired) electrons. The SMILES string of the molecule is CCOC1CC(N)(C(=O)NCCOC)C1(C)C.Cl. The summed E-state index contributed by atoms with van der Waals surface area (Å²) in [6, 6.07) is 0. The predicted octanol–water partition coefficient (Wildman–Crippen LogP) is 0.703. The van der Waals surface area contributed by atoms with Crippen LogP contribution in [0.15, 0.2) is 0 Å². The summed E-state index contributed by atoms with van der Waals surface area (Å²) in [5.41, 5.74) is 5.03. The van der Waals surface area contributed by atoms with Crippen molar-refractivity contribution in [3.8, 4) is 0 Å². The molecular formula is C12H25ClN2O3. The van der Waals surface area contributed by atoms with E-state index in [1.165, 1.54) is 0 Å². The molecule has 18 heavy (non-hydrogen) atoms. The van der Waals surface area contributed by atoms with Crippen molar-refractivity contribution in [3.05, 3.63) is 0 Å². The number of hydrogen-bond acceptors (Lipinski definition) is 4. The highest BCUT2D eigenvalue weighted by Crippen LogP contribution is 2.49. The van der Waals surface area contributed by atoms with Crippen LogP contribution >= 0.6 is 12.4 Å². The molecule has 1 amide bonds. The standard InChI is InChI=1S/C12H24N2O3.ClH/c1-5-17-9-8-12(13,11(9,2)3)10(15)14-6-7-16-4;/h9H,5-8,13H2,1-4H3,(H,14,15);1H. The molecule has 2 unspecified atom stereocenters. The van der Waals surface area contributed by atoms with Crippen molar-refractivity contribution in [1.82, 2.24) is 5.32 Å². The Balaban J connectivity index is 0.00000289. The van der Waals surface area contributed by atoms with Gasteiger partial charge in [0.2, 0.25) is 5.91 Å². The van der Waals surface area contributed by atoms with Gasteiger partial charge in [0.25, 0.3) is 0 Å². The van der Waals surface area contributed by atoms with Gasteiger partial charge in [-0.05, 0) is 6.92 Å². The van der Waals surface area contributed by atoms with Gasteiger partial charge in [-0.15, -0.1) is 12.4 Å². The van der Waals surface area contributed by atoms with Crippen LogP contribution in [0.4, 0.5) is 0 Å². The van der Waals surface area contributed by atoms with E-state index in [-0.39, 0.29) is 29.8 Å². The van der Waals surface area contributed by atoms with Gasteiger partial charge >= 0.3 is 0 Å². The fourth-order valence-electron chi connectivity index (χ4n) is 2.24. The van der Waals surface area contributed by atoms with Gasteiger partial charge in [0.05, 0.1) is 12.7 Å². The van der Waals surface area contributed by atoms with Crippen LogP contribution in [-0.4, -0.2) is 44.4 Å². The first-order valence-corrected chi connectivity index (χ1v) is 6.08. The molecule has 108 valence electrons. The summed E-state index contributed by atoms with van der Waals surface area (Å²) in [6.07, 6.45) is 0.637. The van der Waals surface area contributed by atoms with Crippen molar-refractivity contribution in [2.24, 2.45) is 11.1 Å². The predicted molar refractivity (Wildman–Crippen MR) is 72.9 cm³/mol. The lowest BCUT2D eigenvalue weighted by atomic mass is 9.54. The minimum absolute atomic E-state index is 0. The lowest BCUT2D eigenvalue weighted by molar-refractivity contribution is -0.170. The number of ether oxygens (including phenoxy) is 2. The minimum atomic E-state index is -0.833. The maximum atomic E-state index is 12.0. The van der Waals surface area contributed by atoms with Crippen LogP contribution in [0, 0.1) is 5.41 Å². The van der Waals surface area contributed by atoms with Gasteiger partial charge < -0.3 is 20.5 Å². The second kappa shape index (κ2) is 6.70. The molecule has 0 saturated heterocycles. The smallest absolute Gasteiger partial charge is 0.240 e. The third kappa shape index (κ3) is 2.96. The molecule has 0 aromatic heterocycles. The fraction of sp³-hybridized carbons (Fsp3) is 0.917. The highest BCUT2D eigenvalue weighted by atomic mass is 35.5. The van der Waals surface area contributed by atoms with Gasteiger partial charge in [-0.3, -0.25) is 4.79 Å². The van der Waals surface area contributed by atoms with Crippen LogP contribution in [-0.2, 0) is 14.3 Å². The zero-order valence-electron chi connectivity index (χ0n) is 11.6. The number of hydrogen-bond donors (Lipinski definition) is 2. The zero-order valence-corrected chi connectivity index (χ0v) is 12.4. The van der Waals surface area contributed by atoms with Crippen molar-refractivity contribution in [2.45, 2.75) is 38.8 Å². The Morgan fingerprint density at radius 2 is 2.11 bits per heavy atom. The van der Waals surface area contributed by atoms with E-state index in [9.17, 15) is 4.79 Å². The zero-order chi connectivity index (χ0) is 13.1. The number of nitrogens with one attached hydrogen (secondary N) is 1. The van der Waals surface area contributed by atoms with Crippen molar-refractivity contribution in [2.75, 3.05) is 26.9 Å². The molecule has 1 fully saturated rings. The Hall–Kier alpha value is -0.360. The lowest BCUT2D eigenvalue weighted by Gasteiger charge is -2.57. The molecule has 0 aromatic rings. The summed E-state index contributed by atoms with van der Waals surface area (Å²) >= 11 is 0. The van der Waals surface area contributed by atoms with Crippen LogP contribution in [0.1, 0.15) is 27.2 Å². The number of amides is 1. The Labute approximate surface area is 115 Å². The molecule has 1 aliphatic rings. The maximum absolute atomic E-state index is 12.0. The maximum Gasteiger partial charge on any atom is 0.240 e. The number of halogens is 1. The van der Waals surface area contributed by atoms with E-state index < -0.39 is 5.54 Å². The molecule has 0 aliphatic heterocycles. The van der Waals surface area contributed by atoms with Crippen LogP contribution in [0.25, 0.3) is 0 Å². The van der Waals surface area contributed by atoms with E-state index >= 15 is 0 Å². The second-order valence-electron chi connectivity index (χ2n) is 5.09. The average Bonchev–Trinajstić information content (AvgIpc) is 2.28. The number of nitrogens with two attached hydrogens (primary N) is 1. The van der Waals surface area contributed by atoms with Crippen LogP contribution in [0.3, 0.4) is 0 Å². The highest BCUT2D eigenvalue weighted by molar-refractivity contribution is 5.88.